The smallest absolute Gasteiger partial charge is 0.257 e. The van der Waals surface area contributed by atoms with Crippen LogP contribution in [0.4, 0.5) is 10.1 Å². The summed E-state index contributed by atoms with van der Waals surface area (Å²) in [4.78, 5) is 28.2. The van der Waals surface area contributed by atoms with Crippen molar-refractivity contribution in [1.29, 1.82) is 0 Å². The Kier molecular flexibility index (Phi) is 5.03. The molecule has 5 rings (SSSR count). The molecule has 0 aliphatic carbocycles. The summed E-state index contributed by atoms with van der Waals surface area (Å²) in [6, 6.07) is 4.61. The maximum atomic E-state index is 14.4. The summed E-state index contributed by atoms with van der Waals surface area (Å²) in [6.07, 6.45) is 7.49. The molecule has 1 amide bonds. The molecule has 3 aromatic heterocycles. The van der Waals surface area contributed by atoms with Gasteiger partial charge in [0.15, 0.2) is 11.5 Å². The van der Waals surface area contributed by atoms with Crippen LogP contribution < -0.4 is 10.6 Å². The Balaban J connectivity index is 1.52. The lowest BCUT2D eigenvalue weighted by molar-refractivity contribution is 0.102. The van der Waals surface area contributed by atoms with Crippen molar-refractivity contribution >= 4 is 40.7 Å². The monoisotopic (exact) mass is 452 g/mol. The van der Waals surface area contributed by atoms with Crippen LogP contribution in [0.15, 0.2) is 43.0 Å². The summed E-state index contributed by atoms with van der Waals surface area (Å²) in [6.45, 7) is 3.28. The van der Waals surface area contributed by atoms with Gasteiger partial charge in [-0.3, -0.25) is 14.8 Å². The van der Waals surface area contributed by atoms with Gasteiger partial charge in [-0.1, -0.05) is 0 Å². The minimum absolute atomic E-state index is 0.198. The zero-order valence-corrected chi connectivity index (χ0v) is 18.6. The fourth-order valence-electron chi connectivity index (χ4n) is 4.13. The van der Waals surface area contributed by atoms with Crippen molar-refractivity contribution in [2.75, 3.05) is 37.8 Å². The van der Waals surface area contributed by atoms with Crippen LogP contribution in [-0.4, -0.2) is 62.6 Å². The van der Waals surface area contributed by atoms with E-state index in [9.17, 15) is 13.8 Å². The standard InChI is InChI=1S/C22H22FN6O2P/c1-14-12-29-13-15(11-17(23)21(29)26-14)27-22(30)16-3-4-18(20-19(16)24-5-6-25-20)32(31)9-7-28(2)8-10-32/h3-6,11-13H,7-10H2,1-2H3,(H,27,30). The average Bonchev–Trinajstić information content (AvgIpc) is 3.16. The fourth-order valence-corrected chi connectivity index (χ4v) is 7.06. The summed E-state index contributed by atoms with van der Waals surface area (Å²) >= 11 is 0. The van der Waals surface area contributed by atoms with Crippen LogP contribution in [0, 0.1) is 12.7 Å². The molecule has 1 aromatic carbocycles. The van der Waals surface area contributed by atoms with E-state index in [1.807, 2.05) is 7.05 Å². The Morgan fingerprint density at radius 2 is 1.84 bits per heavy atom. The van der Waals surface area contributed by atoms with E-state index in [1.54, 1.807) is 37.6 Å². The van der Waals surface area contributed by atoms with Crippen molar-refractivity contribution < 1.29 is 13.8 Å². The molecular weight excluding hydrogens is 430 g/mol. The molecule has 0 bridgehead atoms. The molecule has 0 saturated carbocycles. The van der Waals surface area contributed by atoms with Gasteiger partial charge in [-0.2, -0.15) is 0 Å². The Morgan fingerprint density at radius 3 is 2.59 bits per heavy atom. The van der Waals surface area contributed by atoms with E-state index >= 15 is 0 Å². The van der Waals surface area contributed by atoms with Gasteiger partial charge in [0.1, 0.15) is 18.2 Å². The van der Waals surface area contributed by atoms with E-state index in [-0.39, 0.29) is 5.65 Å². The second kappa shape index (κ2) is 7.76. The summed E-state index contributed by atoms with van der Waals surface area (Å²) in [5.74, 6) is -0.976. The summed E-state index contributed by atoms with van der Waals surface area (Å²) in [5, 5.41) is 3.41. The Bertz CT molecular complexity index is 1410. The topological polar surface area (TPSA) is 92.5 Å². The number of aryl methyl sites for hydroxylation is 1. The van der Waals surface area contributed by atoms with Gasteiger partial charge >= 0.3 is 0 Å². The van der Waals surface area contributed by atoms with Crippen LogP contribution >= 0.6 is 7.14 Å². The lowest BCUT2D eigenvalue weighted by atomic mass is 10.1. The first-order valence-corrected chi connectivity index (χ1v) is 12.4. The van der Waals surface area contributed by atoms with Gasteiger partial charge < -0.3 is 19.2 Å². The molecule has 1 N–H and O–H groups in total. The minimum Gasteiger partial charge on any atom is -0.320 e. The SMILES string of the molecule is Cc1cn2cc(NC(=O)c3ccc(P4(=O)CCN(C)CC4)c4nccnc34)cc(F)c2n1. The van der Waals surface area contributed by atoms with Crippen molar-refractivity contribution in [2.45, 2.75) is 6.92 Å². The molecule has 10 heteroatoms. The number of imidazole rings is 1. The van der Waals surface area contributed by atoms with Crippen LogP contribution in [0.3, 0.4) is 0 Å². The quantitative estimate of drug-likeness (QED) is 0.481. The first-order chi connectivity index (χ1) is 15.3. The molecule has 0 atom stereocenters. The zero-order chi connectivity index (χ0) is 22.5. The Morgan fingerprint density at radius 1 is 1.12 bits per heavy atom. The third kappa shape index (κ3) is 3.57. The number of pyridine rings is 1. The predicted molar refractivity (Wildman–Crippen MR) is 122 cm³/mol. The molecule has 0 spiro atoms. The third-order valence-electron chi connectivity index (χ3n) is 5.86. The number of carbonyl (C=O) groups is 1. The number of aromatic nitrogens is 4. The van der Waals surface area contributed by atoms with Gasteiger partial charge in [0.2, 0.25) is 0 Å². The van der Waals surface area contributed by atoms with Crippen molar-refractivity contribution in [3.63, 3.8) is 0 Å². The van der Waals surface area contributed by atoms with Gasteiger partial charge in [0.05, 0.1) is 16.9 Å². The van der Waals surface area contributed by atoms with Crippen molar-refractivity contribution in [1.82, 2.24) is 24.3 Å². The maximum Gasteiger partial charge on any atom is 0.257 e. The summed E-state index contributed by atoms with van der Waals surface area (Å²) < 4.78 is 29.6. The van der Waals surface area contributed by atoms with E-state index < -0.39 is 18.9 Å². The zero-order valence-electron chi connectivity index (χ0n) is 17.7. The summed E-state index contributed by atoms with van der Waals surface area (Å²) in [7, 11) is -0.619. The number of anilines is 1. The number of benzene rings is 1. The van der Waals surface area contributed by atoms with E-state index in [0.717, 1.165) is 13.1 Å². The maximum absolute atomic E-state index is 14.4. The van der Waals surface area contributed by atoms with Gasteiger partial charge in [-0.05, 0) is 26.1 Å². The number of nitrogens with one attached hydrogen (secondary N) is 1. The van der Waals surface area contributed by atoms with Crippen molar-refractivity contribution in [3.8, 4) is 0 Å². The lowest BCUT2D eigenvalue weighted by Crippen LogP contribution is -2.34. The van der Waals surface area contributed by atoms with E-state index in [0.29, 0.717) is 45.6 Å². The fraction of sp³-hybridized carbons (Fsp3) is 0.273. The normalized spacial score (nSPS) is 16.5. The van der Waals surface area contributed by atoms with Crippen molar-refractivity contribution in [3.05, 3.63) is 60.1 Å². The number of hydrogen-bond acceptors (Lipinski definition) is 6. The first-order valence-electron chi connectivity index (χ1n) is 10.3. The number of rotatable bonds is 3. The molecule has 0 unspecified atom stereocenters. The van der Waals surface area contributed by atoms with Crippen LogP contribution in [-0.2, 0) is 4.57 Å². The second-order valence-corrected chi connectivity index (χ2v) is 11.3. The number of carbonyl (C=O) groups excluding carboxylic acids is 1. The predicted octanol–water partition coefficient (Wildman–Crippen LogP) is 2.91. The molecule has 4 aromatic rings. The molecule has 1 fully saturated rings. The molecule has 1 aliphatic heterocycles. The summed E-state index contributed by atoms with van der Waals surface area (Å²) in [5.41, 5.74) is 2.33. The number of fused-ring (bicyclic) bond motifs is 2. The van der Waals surface area contributed by atoms with E-state index in [2.05, 4.69) is 25.2 Å². The molecule has 0 radical (unpaired) electrons. The Labute approximate surface area is 183 Å². The van der Waals surface area contributed by atoms with E-state index in [4.69, 9.17) is 0 Å². The second-order valence-electron chi connectivity index (χ2n) is 8.17. The van der Waals surface area contributed by atoms with Gasteiger partial charge in [-0.15, -0.1) is 0 Å². The lowest BCUT2D eigenvalue weighted by Gasteiger charge is -2.30. The van der Waals surface area contributed by atoms with Crippen LogP contribution in [0.25, 0.3) is 16.7 Å². The molecule has 8 nitrogen and oxygen atoms in total. The molecule has 32 heavy (non-hydrogen) atoms. The number of amides is 1. The number of nitrogens with zero attached hydrogens (tertiary/aromatic N) is 5. The highest BCUT2D eigenvalue weighted by Gasteiger charge is 2.32. The van der Waals surface area contributed by atoms with E-state index in [1.165, 1.54) is 16.7 Å². The molecule has 1 saturated heterocycles. The van der Waals surface area contributed by atoms with Crippen LogP contribution in [0.2, 0.25) is 0 Å². The first kappa shape index (κ1) is 20.7. The molecule has 164 valence electrons. The highest BCUT2D eigenvalue weighted by Crippen LogP contribution is 2.47. The minimum atomic E-state index is -2.63. The van der Waals surface area contributed by atoms with Crippen LogP contribution in [0.5, 0.6) is 0 Å². The molecule has 4 heterocycles. The third-order valence-corrected chi connectivity index (χ3v) is 8.94. The molecule has 1 aliphatic rings. The highest BCUT2D eigenvalue weighted by atomic mass is 31.2. The van der Waals surface area contributed by atoms with Crippen molar-refractivity contribution in [2.24, 2.45) is 0 Å². The van der Waals surface area contributed by atoms with Gasteiger partial charge in [0.25, 0.3) is 5.91 Å². The highest BCUT2D eigenvalue weighted by molar-refractivity contribution is 7.72. The average molecular weight is 452 g/mol. The Hall–Kier alpha value is -3.16. The number of hydrogen-bond donors (Lipinski definition) is 1. The van der Waals surface area contributed by atoms with Gasteiger partial charge in [0, 0.05) is 61.6 Å². The van der Waals surface area contributed by atoms with Crippen LogP contribution in [0.1, 0.15) is 16.1 Å². The van der Waals surface area contributed by atoms with Gasteiger partial charge in [-0.25, -0.2) is 9.37 Å². The largest absolute Gasteiger partial charge is 0.320 e. The molecular formula is C22H22FN6O2P. The number of halogens is 1.